The molecule has 0 atom stereocenters. The number of carbonyl (C=O) groups is 1. The van der Waals surface area contributed by atoms with Crippen molar-refractivity contribution in [2.24, 2.45) is 0 Å². The van der Waals surface area contributed by atoms with E-state index in [9.17, 15) is 4.79 Å². The Morgan fingerprint density at radius 1 is 1.15 bits per heavy atom. The van der Waals surface area contributed by atoms with Crippen LogP contribution in [0.2, 0.25) is 0 Å². The molecule has 0 saturated heterocycles. The lowest BCUT2D eigenvalue weighted by atomic mass is 10.1. The highest BCUT2D eigenvalue weighted by molar-refractivity contribution is 5.94. The van der Waals surface area contributed by atoms with Crippen molar-refractivity contribution in [3.8, 4) is 17.6 Å². The van der Waals surface area contributed by atoms with E-state index in [0.29, 0.717) is 12.1 Å². The lowest BCUT2D eigenvalue weighted by Gasteiger charge is -2.05. The van der Waals surface area contributed by atoms with Crippen LogP contribution in [0.1, 0.15) is 21.5 Å². The van der Waals surface area contributed by atoms with E-state index in [0.717, 1.165) is 23.4 Å². The minimum Gasteiger partial charge on any atom is -0.497 e. The number of imidazole rings is 1. The summed E-state index contributed by atoms with van der Waals surface area (Å²) in [4.78, 5) is 16.2. The van der Waals surface area contributed by atoms with Gasteiger partial charge in [0.1, 0.15) is 5.75 Å². The standard InChI is InChI=1S/C21H19N3O2/c1-26-20-10-6-17(7-11-20)3-2-12-23-21(25)19-8-4-18(5-9-19)15-24-14-13-22-16-24/h4-11,13-14,16H,12,15H2,1H3,(H,23,25). The van der Waals surface area contributed by atoms with Crippen LogP contribution >= 0.6 is 0 Å². The van der Waals surface area contributed by atoms with E-state index in [1.54, 1.807) is 19.6 Å². The molecule has 1 heterocycles. The second kappa shape index (κ2) is 8.54. The Balaban J connectivity index is 1.51. The summed E-state index contributed by atoms with van der Waals surface area (Å²) in [7, 11) is 1.63. The van der Waals surface area contributed by atoms with Crippen LogP contribution < -0.4 is 10.1 Å². The molecular formula is C21H19N3O2. The highest BCUT2D eigenvalue weighted by Gasteiger charge is 2.04. The first-order valence-electron chi connectivity index (χ1n) is 8.20. The Morgan fingerprint density at radius 3 is 2.58 bits per heavy atom. The first-order valence-corrected chi connectivity index (χ1v) is 8.20. The maximum absolute atomic E-state index is 12.2. The largest absolute Gasteiger partial charge is 0.497 e. The second-order valence-electron chi connectivity index (χ2n) is 5.64. The lowest BCUT2D eigenvalue weighted by molar-refractivity contribution is 0.0958. The normalized spacial score (nSPS) is 9.88. The summed E-state index contributed by atoms with van der Waals surface area (Å²) in [5, 5.41) is 2.80. The average molecular weight is 345 g/mol. The van der Waals surface area contributed by atoms with Crippen molar-refractivity contribution in [1.82, 2.24) is 14.9 Å². The fraction of sp³-hybridized carbons (Fsp3) is 0.143. The molecule has 3 rings (SSSR count). The second-order valence-corrected chi connectivity index (χ2v) is 5.64. The van der Waals surface area contributed by atoms with Gasteiger partial charge >= 0.3 is 0 Å². The fourth-order valence-electron chi connectivity index (χ4n) is 2.40. The molecule has 130 valence electrons. The van der Waals surface area contributed by atoms with Gasteiger partial charge in [-0.2, -0.15) is 0 Å². The van der Waals surface area contributed by atoms with Crippen LogP contribution in [-0.2, 0) is 6.54 Å². The highest BCUT2D eigenvalue weighted by atomic mass is 16.5. The molecule has 0 saturated carbocycles. The van der Waals surface area contributed by atoms with E-state index in [2.05, 4.69) is 22.1 Å². The van der Waals surface area contributed by atoms with E-state index in [1.165, 1.54) is 0 Å². The third-order valence-corrected chi connectivity index (χ3v) is 3.80. The molecular weight excluding hydrogens is 326 g/mol. The molecule has 1 amide bonds. The Hall–Kier alpha value is -3.52. The van der Waals surface area contributed by atoms with Crippen molar-refractivity contribution in [2.75, 3.05) is 13.7 Å². The topological polar surface area (TPSA) is 56.1 Å². The van der Waals surface area contributed by atoms with Crippen molar-refractivity contribution >= 4 is 5.91 Å². The molecule has 0 aliphatic rings. The number of aromatic nitrogens is 2. The SMILES string of the molecule is COc1ccc(C#CCNC(=O)c2ccc(Cn3ccnc3)cc2)cc1. The zero-order chi connectivity index (χ0) is 18.2. The summed E-state index contributed by atoms with van der Waals surface area (Å²) < 4.78 is 7.08. The van der Waals surface area contributed by atoms with Crippen LogP contribution in [0.5, 0.6) is 5.75 Å². The van der Waals surface area contributed by atoms with Crippen molar-refractivity contribution in [2.45, 2.75) is 6.54 Å². The van der Waals surface area contributed by atoms with Crippen molar-refractivity contribution in [3.63, 3.8) is 0 Å². The minimum absolute atomic E-state index is 0.136. The van der Waals surface area contributed by atoms with Gasteiger partial charge in [-0.3, -0.25) is 4.79 Å². The lowest BCUT2D eigenvalue weighted by Crippen LogP contribution is -2.23. The average Bonchev–Trinajstić information content (AvgIpc) is 3.19. The Morgan fingerprint density at radius 2 is 1.92 bits per heavy atom. The Labute approximate surface area is 152 Å². The molecule has 0 aliphatic carbocycles. The van der Waals surface area contributed by atoms with E-state index in [-0.39, 0.29) is 5.91 Å². The van der Waals surface area contributed by atoms with Crippen molar-refractivity contribution in [3.05, 3.63) is 83.9 Å². The predicted octanol–water partition coefficient (Wildman–Crippen LogP) is 2.72. The van der Waals surface area contributed by atoms with Crippen LogP contribution in [0.3, 0.4) is 0 Å². The fourth-order valence-corrected chi connectivity index (χ4v) is 2.40. The molecule has 5 nitrogen and oxygen atoms in total. The molecule has 1 N–H and O–H groups in total. The van der Waals surface area contributed by atoms with Crippen LogP contribution in [0, 0.1) is 11.8 Å². The maximum Gasteiger partial charge on any atom is 0.252 e. The first kappa shape index (κ1) is 17.3. The smallest absolute Gasteiger partial charge is 0.252 e. The highest BCUT2D eigenvalue weighted by Crippen LogP contribution is 2.10. The molecule has 2 aromatic carbocycles. The first-order chi connectivity index (χ1) is 12.7. The van der Waals surface area contributed by atoms with E-state index >= 15 is 0 Å². The predicted molar refractivity (Wildman–Crippen MR) is 100.0 cm³/mol. The van der Waals surface area contributed by atoms with Gasteiger partial charge in [0.15, 0.2) is 0 Å². The van der Waals surface area contributed by atoms with Gasteiger partial charge in [0.05, 0.1) is 20.0 Å². The van der Waals surface area contributed by atoms with Gasteiger partial charge in [-0.25, -0.2) is 4.98 Å². The van der Waals surface area contributed by atoms with Gasteiger partial charge in [0.2, 0.25) is 0 Å². The number of nitrogens with one attached hydrogen (secondary N) is 1. The van der Waals surface area contributed by atoms with Gasteiger partial charge in [-0.15, -0.1) is 0 Å². The van der Waals surface area contributed by atoms with Crippen LogP contribution in [0.4, 0.5) is 0 Å². The third kappa shape index (κ3) is 4.74. The van der Waals surface area contributed by atoms with E-state index in [1.807, 2.05) is 59.3 Å². The summed E-state index contributed by atoms with van der Waals surface area (Å²) >= 11 is 0. The number of rotatable bonds is 5. The van der Waals surface area contributed by atoms with Gasteiger partial charge in [-0.1, -0.05) is 24.0 Å². The number of ether oxygens (including phenoxy) is 1. The Kier molecular flexibility index (Phi) is 5.69. The molecule has 3 aromatic rings. The monoisotopic (exact) mass is 345 g/mol. The zero-order valence-electron chi connectivity index (χ0n) is 14.5. The zero-order valence-corrected chi connectivity index (χ0v) is 14.5. The van der Waals surface area contributed by atoms with Gasteiger partial charge in [0.25, 0.3) is 5.91 Å². The minimum atomic E-state index is -0.136. The summed E-state index contributed by atoms with van der Waals surface area (Å²) in [6.07, 6.45) is 5.42. The molecule has 0 fully saturated rings. The third-order valence-electron chi connectivity index (χ3n) is 3.80. The Bertz CT molecular complexity index is 903. The summed E-state index contributed by atoms with van der Waals surface area (Å²) in [6, 6.07) is 15.0. The van der Waals surface area contributed by atoms with Gasteiger partial charge in [0, 0.05) is 30.1 Å². The molecule has 5 heteroatoms. The molecule has 0 aliphatic heterocycles. The number of benzene rings is 2. The maximum atomic E-state index is 12.2. The summed E-state index contributed by atoms with van der Waals surface area (Å²) in [6.45, 7) is 1.02. The summed E-state index contributed by atoms with van der Waals surface area (Å²) in [5.74, 6) is 6.61. The van der Waals surface area contributed by atoms with Gasteiger partial charge in [-0.05, 0) is 42.0 Å². The van der Waals surface area contributed by atoms with E-state index < -0.39 is 0 Å². The number of methoxy groups -OCH3 is 1. The van der Waals surface area contributed by atoms with E-state index in [4.69, 9.17) is 4.74 Å². The van der Waals surface area contributed by atoms with Crippen LogP contribution in [-0.4, -0.2) is 29.1 Å². The molecule has 0 bridgehead atoms. The molecule has 0 spiro atoms. The number of nitrogens with zero attached hydrogens (tertiary/aromatic N) is 2. The molecule has 0 radical (unpaired) electrons. The van der Waals surface area contributed by atoms with Crippen molar-refractivity contribution in [1.29, 1.82) is 0 Å². The number of amides is 1. The van der Waals surface area contributed by atoms with Crippen LogP contribution in [0.15, 0.2) is 67.3 Å². The quantitative estimate of drug-likeness (QED) is 0.724. The molecule has 26 heavy (non-hydrogen) atoms. The molecule has 0 unspecified atom stereocenters. The van der Waals surface area contributed by atoms with Crippen LogP contribution in [0.25, 0.3) is 0 Å². The summed E-state index contributed by atoms with van der Waals surface area (Å²) in [5.41, 5.74) is 2.60. The number of carbonyl (C=O) groups excluding carboxylic acids is 1. The number of hydrogen-bond donors (Lipinski definition) is 1. The van der Waals surface area contributed by atoms with Crippen molar-refractivity contribution < 1.29 is 9.53 Å². The molecule has 1 aromatic heterocycles. The van der Waals surface area contributed by atoms with Gasteiger partial charge < -0.3 is 14.6 Å². The number of hydrogen-bond acceptors (Lipinski definition) is 3.